The van der Waals surface area contributed by atoms with Crippen LogP contribution in [0.1, 0.15) is 27.4 Å². The van der Waals surface area contributed by atoms with Crippen molar-refractivity contribution in [3.63, 3.8) is 0 Å². The minimum atomic E-state index is -5.08. The zero-order chi connectivity index (χ0) is 22.5. The number of carbonyl (C=O) groups is 2. The van der Waals surface area contributed by atoms with Crippen LogP contribution in [0.15, 0.2) is 12.1 Å². The number of halogens is 3. The maximum atomic E-state index is 12.8. The number of aliphatic carboxylic acids is 1. The average Bonchev–Trinajstić information content (AvgIpc) is 3.27. The molecule has 0 unspecified atom stereocenters. The first-order chi connectivity index (χ1) is 14.0. The third-order valence-corrected chi connectivity index (χ3v) is 5.85. The van der Waals surface area contributed by atoms with Crippen molar-refractivity contribution in [2.24, 2.45) is 0 Å². The van der Waals surface area contributed by atoms with E-state index in [1.807, 2.05) is 38.1 Å². The zero-order valence-corrected chi connectivity index (χ0v) is 18.0. The monoisotopic (exact) mass is 452 g/mol. The van der Waals surface area contributed by atoms with Gasteiger partial charge in [-0.05, 0) is 46.0 Å². The third kappa shape index (κ3) is 6.66. The summed E-state index contributed by atoms with van der Waals surface area (Å²) < 4.78 is 43.7. The van der Waals surface area contributed by atoms with Crippen LogP contribution >= 0.6 is 11.3 Å². The highest BCUT2D eigenvalue weighted by Gasteiger charge is 2.45. The lowest BCUT2D eigenvalue weighted by atomic mass is 10.1. The molecule has 3 atom stereocenters. The number of thiophene rings is 1. The SMILES string of the molecule is Cc1ccc(C(=O)N2CCO[C@H]3[C@H](OCCN(C)C)CC[C@@H]32)s1.O=C(O)C(F)(F)F. The Kier molecular flexibility index (Phi) is 8.65. The number of rotatable bonds is 5. The smallest absolute Gasteiger partial charge is 0.475 e. The van der Waals surface area contributed by atoms with E-state index >= 15 is 0 Å². The van der Waals surface area contributed by atoms with Gasteiger partial charge in [0.25, 0.3) is 5.91 Å². The van der Waals surface area contributed by atoms with Crippen molar-refractivity contribution >= 4 is 23.2 Å². The Morgan fingerprint density at radius 3 is 2.53 bits per heavy atom. The summed E-state index contributed by atoms with van der Waals surface area (Å²) >= 11 is 1.57. The molecule has 3 rings (SSSR count). The molecule has 1 aromatic rings. The number of aryl methyl sites for hydroxylation is 1. The van der Waals surface area contributed by atoms with Gasteiger partial charge in [0, 0.05) is 18.0 Å². The Labute approximate surface area is 177 Å². The second-order valence-corrected chi connectivity index (χ2v) is 8.69. The summed E-state index contributed by atoms with van der Waals surface area (Å²) in [4.78, 5) is 27.8. The number of nitrogens with zero attached hydrogens (tertiary/aromatic N) is 2. The lowest BCUT2D eigenvalue weighted by Crippen LogP contribution is -2.53. The van der Waals surface area contributed by atoms with Crippen molar-refractivity contribution in [2.45, 2.75) is 44.2 Å². The standard InChI is InChI=1S/C17H26N2O3S.C2HF3O2/c1-12-4-7-15(23-12)17(20)19-9-11-22-16-13(19)5-6-14(16)21-10-8-18(2)3;3-2(4,5)1(6)7/h4,7,13-14,16H,5-6,8-11H2,1-3H3;(H,6,7)/t13-,14+,16+;/m0./s1. The molecule has 0 spiro atoms. The Balaban J connectivity index is 0.000000396. The fourth-order valence-electron chi connectivity index (χ4n) is 3.42. The van der Waals surface area contributed by atoms with Crippen molar-refractivity contribution in [1.82, 2.24) is 9.80 Å². The van der Waals surface area contributed by atoms with Crippen LogP contribution in [-0.4, -0.2) is 91.6 Å². The summed E-state index contributed by atoms with van der Waals surface area (Å²) in [6.45, 7) is 4.94. The Bertz CT molecular complexity index is 725. The summed E-state index contributed by atoms with van der Waals surface area (Å²) in [5.41, 5.74) is 0. The van der Waals surface area contributed by atoms with Crippen molar-refractivity contribution in [2.75, 3.05) is 40.4 Å². The molecular weight excluding hydrogens is 425 g/mol. The molecule has 2 aliphatic rings. The number of morpholine rings is 1. The summed E-state index contributed by atoms with van der Waals surface area (Å²) in [6.07, 6.45) is -3.01. The number of carboxylic acids is 1. The summed E-state index contributed by atoms with van der Waals surface area (Å²) in [7, 11) is 4.09. The second-order valence-electron chi connectivity index (χ2n) is 7.40. The van der Waals surface area contributed by atoms with Gasteiger partial charge in [-0.1, -0.05) is 0 Å². The topological polar surface area (TPSA) is 79.3 Å². The van der Waals surface area contributed by atoms with Gasteiger partial charge < -0.3 is 24.4 Å². The van der Waals surface area contributed by atoms with E-state index in [0.29, 0.717) is 19.8 Å². The van der Waals surface area contributed by atoms with E-state index in [2.05, 4.69) is 4.90 Å². The maximum Gasteiger partial charge on any atom is 0.490 e. The molecule has 1 N–H and O–H groups in total. The Morgan fingerprint density at radius 2 is 2.00 bits per heavy atom. The fraction of sp³-hybridized carbons (Fsp3) is 0.684. The molecule has 30 heavy (non-hydrogen) atoms. The van der Waals surface area contributed by atoms with Crippen LogP contribution in [0, 0.1) is 6.92 Å². The van der Waals surface area contributed by atoms with Gasteiger partial charge >= 0.3 is 12.1 Å². The first-order valence-corrected chi connectivity index (χ1v) is 10.4. The molecule has 2 heterocycles. The minimum Gasteiger partial charge on any atom is -0.475 e. The number of hydrogen-bond donors (Lipinski definition) is 1. The summed E-state index contributed by atoms with van der Waals surface area (Å²) in [6, 6.07) is 4.10. The van der Waals surface area contributed by atoms with Crippen molar-refractivity contribution in [1.29, 1.82) is 0 Å². The van der Waals surface area contributed by atoms with Crippen LogP contribution in [0.4, 0.5) is 13.2 Å². The molecule has 1 aliphatic heterocycles. The fourth-order valence-corrected chi connectivity index (χ4v) is 4.25. The van der Waals surface area contributed by atoms with E-state index in [4.69, 9.17) is 19.4 Å². The summed E-state index contributed by atoms with van der Waals surface area (Å²) in [5.74, 6) is -2.61. The summed E-state index contributed by atoms with van der Waals surface area (Å²) in [5, 5.41) is 7.12. The average molecular weight is 452 g/mol. The predicted octanol–water partition coefficient (Wildman–Crippen LogP) is 2.64. The lowest BCUT2D eigenvalue weighted by Gasteiger charge is -2.39. The van der Waals surface area contributed by atoms with Crippen molar-refractivity contribution in [3.8, 4) is 0 Å². The highest BCUT2D eigenvalue weighted by Crippen LogP contribution is 2.33. The molecule has 170 valence electrons. The molecule has 0 aromatic carbocycles. The highest BCUT2D eigenvalue weighted by atomic mass is 32.1. The van der Waals surface area contributed by atoms with E-state index in [1.54, 1.807) is 11.3 Å². The molecule has 11 heteroatoms. The molecule has 1 amide bonds. The van der Waals surface area contributed by atoms with E-state index < -0.39 is 12.1 Å². The van der Waals surface area contributed by atoms with Crippen LogP contribution in [0.2, 0.25) is 0 Å². The zero-order valence-electron chi connectivity index (χ0n) is 17.1. The highest BCUT2D eigenvalue weighted by molar-refractivity contribution is 7.13. The lowest BCUT2D eigenvalue weighted by molar-refractivity contribution is -0.192. The first-order valence-electron chi connectivity index (χ1n) is 9.56. The number of carbonyl (C=O) groups excluding carboxylic acids is 1. The Morgan fingerprint density at radius 1 is 1.33 bits per heavy atom. The molecule has 7 nitrogen and oxygen atoms in total. The predicted molar refractivity (Wildman–Crippen MR) is 105 cm³/mol. The number of ether oxygens (including phenoxy) is 2. The van der Waals surface area contributed by atoms with Crippen LogP contribution in [-0.2, 0) is 14.3 Å². The molecule has 1 saturated heterocycles. The van der Waals surface area contributed by atoms with Crippen LogP contribution in [0.5, 0.6) is 0 Å². The van der Waals surface area contributed by atoms with Crippen LogP contribution in [0.25, 0.3) is 0 Å². The molecule has 2 fully saturated rings. The van der Waals surface area contributed by atoms with E-state index in [9.17, 15) is 18.0 Å². The van der Waals surface area contributed by atoms with Gasteiger partial charge in [-0.15, -0.1) is 11.3 Å². The first kappa shape index (κ1) is 24.6. The Hall–Kier alpha value is -1.69. The largest absolute Gasteiger partial charge is 0.490 e. The van der Waals surface area contributed by atoms with E-state index in [1.165, 1.54) is 4.88 Å². The number of alkyl halides is 3. The van der Waals surface area contributed by atoms with Crippen LogP contribution < -0.4 is 0 Å². The third-order valence-electron chi connectivity index (χ3n) is 4.86. The number of hydrogen-bond acceptors (Lipinski definition) is 6. The van der Waals surface area contributed by atoms with Crippen molar-refractivity contribution in [3.05, 3.63) is 21.9 Å². The van der Waals surface area contributed by atoms with Gasteiger partial charge in [0.15, 0.2) is 0 Å². The quantitative estimate of drug-likeness (QED) is 0.740. The molecule has 1 saturated carbocycles. The van der Waals surface area contributed by atoms with Crippen molar-refractivity contribution < 1.29 is 37.3 Å². The number of likely N-dealkylation sites (N-methyl/N-ethyl adjacent to an activating group) is 1. The molecule has 1 aromatic heterocycles. The number of fused-ring (bicyclic) bond motifs is 1. The number of carboxylic acid groups (broad SMARTS) is 1. The van der Waals surface area contributed by atoms with E-state index in [0.717, 1.165) is 24.3 Å². The normalized spacial score (nSPS) is 23.7. The molecule has 0 radical (unpaired) electrons. The number of amides is 1. The molecular formula is C19H27F3N2O5S. The minimum absolute atomic E-state index is 0.0240. The molecule has 0 bridgehead atoms. The van der Waals surface area contributed by atoms with E-state index in [-0.39, 0.29) is 24.2 Å². The van der Waals surface area contributed by atoms with Gasteiger partial charge in [0.05, 0.1) is 30.2 Å². The van der Waals surface area contributed by atoms with Gasteiger partial charge in [-0.2, -0.15) is 13.2 Å². The second kappa shape index (κ2) is 10.6. The van der Waals surface area contributed by atoms with Gasteiger partial charge in [-0.25, -0.2) is 4.79 Å². The molecule has 1 aliphatic carbocycles. The van der Waals surface area contributed by atoms with Gasteiger partial charge in [-0.3, -0.25) is 4.79 Å². The van der Waals surface area contributed by atoms with Gasteiger partial charge in [0.2, 0.25) is 0 Å². The maximum absolute atomic E-state index is 12.8. The van der Waals surface area contributed by atoms with Gasteiger partial charge in [0.1, 0.15) is 6.10 Å². The van der Waals surface area contributed by atoms with Crippen LogP contribution in [0.3, 0.4) is 0 Å².